The molecule has 170 valence electrons. The summed E-state index contributed by atoms with van der Waals surface area (Å²) in [5, 5.41) is 58.4. The molecule has 0 unspecified atom stereocenters. The second-order valence-corrected chi connectivity index (χ2v) is 6.44. The van der Waals surface area contributed by atoms with Crippen molar-refractivity contribution in [2.24, 2.45) is 10.2 Å². The first kappa shape index (κ1) is 23.1. The van der Waals surface area contributed by atoms with Crippen LogP contribution in [0.1, 0.15) is 41.4 Å². The van der Waals surface area contributed by atoms with Gasteiger partial charge in [0, 0.05) is 0 Å². The molecule has 0 aliphatic heterocycles. The van der Waals surface area contributed by atoms with Crippen molar-refractivity contribution in [3.05, 3.63) is 70.1 Å². The van der Waals surface area contributed by atoms with Crippen molar-refractivity contribution >= 4 is 41.1 Å². The maximum Gasteiger partial charge on any atom is 0.336 e. The van der Waals surface area contributed by atoms with Crippen LogP contribution in [0.15, 0.2) is 46.6 Å². The lowest BCUT2D eigenvalue weighted by atomic mass is 10.1. The van der Waals surface area contributed by atoms with Gasteiger partial charge in [0.2, 0.25) is 5.88 Å². The Kier molecular flexibility index (Phi) is 6.03. The van der Waals surface area contributed by atoms with Crippen LogP contribution in [0, 0.1) is 6.57 Å². The van der Waals surface area contributed by atoms with Gasteiger partial charge in [-0.1, -0.05) is 6.57 Å². The number of aromatic nitrogens is 2. The molecule has 0 spiro atoms. The molecule has 1 heterocycles. The van der Waals surface area contributed by atoms with Crippen molar-refractivity contribution in [3.8, 4) is 11.6 Å². The lowest BCUT2D eigenvalue weighted by Gasteiger charge is -2.04. The number of nitrogens with zero attached hydrogens (tertiary/aromatic N) is 5. The summed E-state index contributed by atoms with van der Waals surface area (Å²) in [5.74, 6) is -7.16. The number of aromatic carboxylic acids is 4. The van der Waals surface area contributed by atoms with Crippen LogP contribution in [0.4, 0.5) is 17.2 Å². The Bertz CT molecular complexity index is 1420. The summed E-state index contributed by atoms with van der Waals surface area (Å²) in [4.78, 5) is 48.2. The van der Waals surface area contributed by atoms with Crippen molar-refractivity contribution < 1.29 is 44.7 Å². The minimum atomic E-state index is -1.53. The van der Waals surface area contributed by atoms with E-state index in [-0.39, 0.29) is 11.4 Å². The first-order chi connectivity index (χ1) is 16.0. The van der Waals surface area contributed by atoms with E-state index in [1.54, 1.807) is 0 Å². The molecule has 0 atom stereocenters. The monoisotopic (exact) mass is 465 g/mol. The molecule has 1 aromatic heterocycles. The van der Waals surface area contributed by atoms with E-state index in [2.05, 4.69) is 20.2 Å². The highest BCUT2D eigenvalue weighted by atomic mass is 16.4. The van der Waals surface area contributed by atoms with Gasteiger partial charge in [0.15, 0.2) is 5.69 Å². The van der Waals surface area contributed by atoms with E-state index >= 15 is 0 Å². The maximum absolute atomic E-state index is 11.3. The fraction of sp³-hybridized carbons (Fsp3) is 0. The highest BCUT2D eigenvalue weighted by Crippen LogP contribution is 2.39. The smallest absolute Gasteiger partial charge is 0.336 e. The average molecular weight is 465 g/mol. The van der Waals surface area contributed by atoms with Gasteiger partial charge in [-0.15, -0.1) is 4.68 Å². The first-order valence-electron chi connectivity index (χ1n) is 8.87. The van der Waals surface area contributed by atoms with Crippen LogP contribution in [0.25, 0.3) is 10.5 Å². The molecule has 0 aliphatic carbocycles. The number of hydrogen-bond acceptors (Lipinski definition) is 8. The highest BCUT2D eigenvalue weighted by molar-refractivity contribution is 6.02. The molecule has 5 N–H and O–H groups in total. The normalized spacial score (nSPS) is 10.7. The number of carbonyl (C=O) groups is 4. The number of benzene rings is 2. The lowest BCUT2D eigenvalue weighted by Crippen LogP contribution is -2.07. The summed E-state index contributed by atoms with van der Waals surface area (Å²) >= 11 is 0. The molecule has 0 fully saturated rings. The van der Waals surface area contributed by atoms with Gasteiger partial charge < -0.3 is 30.4 Å². The number of aromatic hydroxyl groups is 1. The second kappa shape index (κ2) is 8.88. The quantitative estimate of drug-likeness (QED) is 0.253. The van der Waals surface area contributed by atoms with Gasteiger partial charge in [-0.3, -0.25) is 0 Å². The number of carboxylic acids is 4. The summed E-state index contributed by atoms with van der Waals surface area (Å²) in [6, 6.07) is 5.98. The third kappa shape index (κ3) is 4.38. The first-order valence-corrected chi connectivity index (χ1v) is 8.87. The number of carboxylic acid groups (broad SMARTS) is 4. The minimum Gasteiger partial charge on any atom is -0.491 e. The molecule has 0 amide bonds. The summed E-state index contributed by atoms with van der Waals surface area (Å²) < 4.78 is 0.691. The Morgan fingerprint density at radius 3 is 1.91 bits per heavy atom. The van der Waals surface area contributed by atoms with Gasteiger partial charge in [0.05, 0.1) is 33.6 Å². The lowest BCUT2D eigenvalue weighted by molar-refractivity contribution is 0.0651. The van der Waals surface area contributed by atoms with Crippen LogP contribution in [0.5, 0.6) is 5.88 Å². The molecule has 0 saturated carbocycles. The molecule has 14 nitrogen and oxygen atoms in total. The van der Waals surface area contributed by atoms with Crippen LogP contribution in [0.2, 0.25) is 0 Å². The predicted molar refractivity (Wildman–Crippen MR) is 110 cm³/mol. The van der Waals surface area contributed by atoms with Gasteiger partial charge >= 0.3 is 29.7 Å². The average Bonchev–Trinajstić information content (AvgIpc) is 3.12. The minimum absolute atomic E-state index is 0.119. The zero-order chi connectivity index (χ0) is 25.2. The van der Waals surface area contributed by atoms with E-state index < -0.39 is 63.5 Å². The molecule has 0 saturated heterocycles. The van der Waals surface area contributed by atoms with Crippen LogP contribution < -0.4 is 0 Å². The maximum atomic E-state index is 11.3. The van der Waals surface area contributed by atoms with Gasteiger partial charge in [-0.05, 0) is 41.5 Å². The molecule has 3 rings (SSSR count). The van der Waals surface area contributed by atoms with Crippen LogP contribution in [-0.2, 0) is 0 Å². The number of hydrogen-bond donors (Lipinski definition) is 5. The SMILES string of the molecule is [C-]#[N+]c1nn(-c2cc(C(=O)O)cc(C(=O)O)c2)c(O)c1/N=N/c1ccc(C(=O)O)c(C(=O)O)c1. The van der Waals surface area contributed by atoms with Crippen molar-refractivity contribution in [2.75, 3.05) is 0 Å². The van der Waals surface area contributed by atoms with E-state index in [9.17, 15) is 39.6 Å². The van der Waals surface area contributed by atoms with Crippen molar-refractivity contribution in [3.63, 3.8) is 0 Å². The molecule has 2 aromatic carbocycles. The summed E-state index contributed by atoms with van der Waals surface area (Å²) in [6.07, 6.45) is 0. The van der Waals surface area contributed by atoms with Crippen molar-refractivity contribution in [2.45, 2.75) is 0 Å². The van der Waals surface area contributed by atoms with Crippen molar-refractivity contribution in [1.29, 1.82) is 0 Å². The number of rotatable bonds is 7. The highest BCUT2D eigenvalue weighted by Gasteiger charge is 2.23. The zero-order valence-electron chi connectivity index (χ0n) is 16.6. The van der Waals surface area contributed by atoms with Crippen molar-refractivity contribution in [1.82, 2.24) is 9.78 Å². The zero-order valence-corrected chi connectivity index (χ0v) is 16.6. The standard InChI is InChI=1S/C20H11N5O9/c1-21-15-14(23-22-10-2-3-12(19(31)32)13(7-10)20(33)34)16(26)25(24-15)11-5-8(17(27)28)4-9(6-11)18(29)30/h2-7,26H,(H,27,28)(H,29,30)(H,31,32)(H,33,34)/b23-22+. The third-order valence-electron chi connectivity index (χ3n) is 4.31. The van der Waals surface area contributed by atoms with Gasteiger partial charge in [0.25, 0.3) is 0 Å². The Balaban J connectivity index is 2.11. The summed E-state index contributed by atoms with van der Waals surface area (Å²) in [7, 11) is 0. The van der Waals surface area contributed by atoms with E-state index in [1.165, 1.54) is 0 Å². The van der Waals surface area contributed by atoms with Crippen LogP contribution in [-0.4, -0.2) is 59.2 Å². The Morgan fingerprint density at radius 2 is 1.41 bits per heavy atom. The summed E-state index contributed by atoms with van der Waals surface area (Å²) in [6.45, 7) is 7.23. The Labute approximate surface area is 188 Å². The molecule has 0 aliphatic rings. The number of azo groups is 1. The third-order valence-corrected chi connectivity index (χ3v) is 4.31. The van der Waals surface area contributed by atoms with E-state index in [0.29, 0.717) is 4.68 Å². The van der Waals surface area contributed by atoms with E-state index in [0.717, 1.165) is 36.4 Å². The molecular weight excluding hydrogens is 454 g/mol. The summed E-state index contributed by atoms with van der Waals surface area (Å²) in [5.41, 5.74) is -2.69. The fourth-order valence-electron chi connectivity index (χ4n) is 2.78. The van der Waals surface area contributed by atoms with E-state index in [1.807, 2.05) is 0 Å². The molecule has 14 heteroatoms. The molecule has 0 bridgehead atoms. The van der Waals surface area contributed by atoms with Crippen LogP contribution in [0.3, 0.4) is 0 Å². The van der Waals surface area contributed by atoms with Crippen LogP contribution >= 0.6 is 0 Å². The van der Waals surface area contributed by atoms with E-state index in [4.69, 9.17) is 11.7 Å². The topological polar surface area (TPSA) is 216 Å². The molecule has 0 radical (unpaired) electrons. The van der Waals surface area contributed by atoms with Gasteiger partial charge in [-0.2, -0.15) is 10.2 Å². The molecule has 34 heavy (non-hydrogen) atoms. The predicted octanol–water partition coefficient (Wildman–Crippen LogP) is 3.34. The van der Waals surface area contributed by atoms with Gasteiger partial charge in [-0.25, -0.2) is 19.2 Å². The largest absolute Gasteiger partial charge is 0.491 e. The Hall–Kier alpha value is -5.58. The van der Waals surface area contributed by atoms with Gasteiger partial charge in [0.1, 0.15) is 0 Å². The fourth-order valence-corrected chi connectivity index (χ4v) is 2.78. The second-order valence-electron chi connectivity index (χ2n) is 6.44. The Morgan fingerprint density at radius 1 is 0.824 bits per heavy atom. The molecule has 3 aromatic rings. The molecular formula is C20H11N5O9.